The molecule has 0 radical (unpaired) electrons. The van der Waals surface area contributed by atoms with Crippen LogP contribution in [-0.4, -0.2) is 11.9 Å². The molecule has 4 rings (SSSR count). The smallest absolute Gasteiger partial charge is 0.251 e. The van der Waals surface area contributed by atoms with Crippen molar-refractivity contribution in [3.05, 3.63) is 76.9 Å². The summed E-state index contributed by atoms with van der Waals surface area (Å²) in [4.78, 5) is 12.6. The fourth-order valence-corrected chi connectivity index (χ4v) is 4.39. The van der Waals surface area contributed by atoms with Gasteiger partial charge in [0.2, 0.25) is 0 Å². The summed E-state index contributed by atoms with van der Waals surface area (Å²) in [5, 5.41) is 6.85. The Hall–Kier alpha value is -2.55. The highest BCUT2D eigenvalue weighted by Gasteiger charge is 2.38. The number of rotatable bonds is 4. The summed E-state index contributed by atoms with van der Waals surface area (Å²) in [5.74, 6) is 0.875. The Morgan fingerprint density at radius 1 is 1.22 bits per heavy atom. The van der Waals surface area contributed by atoms with E-state index in [1.807, 2.05) is 13.0 Å². The van der Waals surface area contributed by atoms with Gasteiger partial charge in [-0.15, -0.1) is 0 Å². The maximum atomic E-state index is 12.6. The largest absolute Gasteiger partial charge is 0.378 e. The van der Waals surface area contributed by atoms with E-state index in [1.54, 1.807) is 0 Å². The first-order valence-corrected chi connectivity index (χ1v) is 10.0. The van der Waals surface area contributed by atoms with E-state index in [4.69, 9.17) is 0 Å². The van der Waals surface area contributed by atoms with Gasteiger partial charge in [0.1, 0.15) is 0 Å². The SMILES string of the molecule is CCC(C)NC(=O)c1ccc2c(c1)C1C=CCC1C(c1ccccc1C)N2. The lowest BCUT2D eigenvalue weighted by Gasteiger charge is -2.38. The number of carbonyl (C=O) groups is 1. The normalized spacial score (nSPS) is 23.9. The fourth-order valence-electron chi connectivity index (χ4n) is 4.39. The van der Waals surface area contributed by atoms with E-state index in [-0.39, 0.29) is 11.9 Å². The molecule has 1 heterocycles. The molecule has 4 atom stereocenters. The molecule has 2 aliphatic rings. The monoisotopic (exact) mass is 360 g/mol. The first-order chi connectivity index (χ1) is 13.1. The predicted octanol–water partition coefficient (Wildman–Crippen LogP) is 5.35. The average Bonchev–Trinajstić information content (AvgIpc) is 3.17. The molecule has 3 heteroatoms. The summed E-state index contributed by atoms with van der Waals surface area (Å²) in [6.45, 7) is 6.31. The van der Waals surface area contributed by atoms with E-state index in [1.165, 1.54) is 16.7 Å². The van der Waals surface area contributed by atoms with Gasteiger partial charge in [-0.1, -0.05) is 43.3 Å². The molecule has 2 aromatic rings. The van der Waals surface area contributed by atoms with Crippen LogP contribution in [0.2, 0.25) is 0 Å². The standard InChI is InChI=1S/C24H28N2O/c1-4-16(3)25-24(27)17-12-13-22-21(14-17)19-10-7-11-20(19)23(26-22)18-9-6-5-8-15(18)2/h5-10,12-14,16,19-20,23,26H,4,11H2,1-3H3,(H,25,27). The number of hydrogen-bond acceptors (Lipinski definition) is 2. The minimum Gasteiger partial charge on any atom is -0.378 e. The van der Waals surface area contributed by atoms with Crippen molar-refractivity contribution in [2.75, 3.05) is 5.32 Å². The molecule has 0 saturated heterocycles. The summed E-state index contributed by atoms with van der Waals surface area (Å²) in [6.07, 6.45) is 6.62. The van der Waals surface area contributed by atoms with Gasteiger partial charge in [0.25, 0.3) is 5.91 Å². The Labute approximate surface area is 161 Å². The summed E-state index contributed by atoms with van der Waals surface area (Å²) in [6, 6.07) is 15.2. The molecule has 0 aromatic heterocycles. The van der Waals surface area contributed by atoms with Crippen LogP contribution in [0.3, 0.4) is 0 Å². The first-order valence-electron chi connectivity index (χ1n) is 10.0. The summed E-state index contributed by atoms with van der Waals surface area (Å²) >= 11 is 0. The van der Waals surface area contributed by atoms with E-state index >= 15 is 0 Å². The maximum Gasteiger partial charge on any atom is 0.251 e. The molecule has 27 heavy (non-hydrogen) atoms. The summed E-state index contributed by atoms with van der Waals surface area (Å²) in [7, 11) is 0. The van der Waals surface area contributed by atoms with Crippen molar-refractivity contribution in [1.29, 1.82) is 0 Å². The van der Waals surface area contributed by atoms with Gasteiger partial charge in [0, 0.05) is 23.2 Å². The zero-order valence-corrected chi connectivity index (χ0v) is 16.3. The van der Waals surface area contributed by atoms with Crippen LogP contribution in [0.5, 0.6) is 0 Å². The maximum absolute atomic E-state index is 12.6. The molecular weight excluding hydrogens is 332 g/mol. The van der Waals surface area contributed by atoms with Gasteiger partial charge in [0.05, 0.1) is 6.04 Å². The highest BCUT2D eigenvalue weighted by molar-refractivity contribution is 5.95. The van der Waals surface area contributed by atoms with Crippen molar-refractivity contribution in [2.24, 2.45) is 5.92 Å². The van der Waals surface area contributed by atoms with Crippen LogP contribution < -0.4 is 10.6 Å². The zero-order valence-electron chi connectivity index (χ0n) is 16.3. The zero-order chi connectivity index (χ0) is 19.0. The van der Waals surface area contributed by atoms with E-state index in [2.05, 4.69) is 73.0 Å². The van der Waals surface area contributed by atoms with Gasteiger partial charge >= 0.3 is 0 Å². The number of amides is 1. The van der Waals surface area contributed by atoms with Crippen LogP contribution in [0.4, 0.5) is 5.69 Å². The third-order valence-electron chi connectivity index (χ3n) is 6.14. The van der Waals surface area contributed by atoms with E-state index in [0.29, 0.717) is 17.9 Å². The fraction of sp³-hybridized carbons (Fsp3) is 0.375. The molecule has 0 fully saturated rings. The van der Waals surface area contributed by atoms with Crippen molar-refractivity contribution < 1.29 is 4.79 Å². The Kier molecular flexibility index (Phi) is 4.77. The van der Waals surface area contributed by atoms with Gasteiger partial charge < -0.3 is 10.6 Å². The third-order valence-corrected chi connectivity index (χ3v) is 6.14. The average molecular weight is 361 g/mol. The van der Waals surface area contributed by atoms with Crippen LogP contribution in [-0.2, 0) is 0 Å². The number of allylic oxidation sites excluding steroid dienone is 2. The number of nitrogens with one attached hydrogen (secondary N) is 2. The van der Waals surface area contributed by atoms with Crippen LogP contribution in [0, 0.1) is 12.8 Å². The Morgan fingerprint density at radius 3 is 2.81 bits per heavy atom. The number of carbonyl (C=O) groups excluding carboxylic acids is 1. The minimum atomic E-state index is 0.0201. The van der Waals surface area contributed by atoms with Crippen LogP contribution in [0.1, 0.15) is 65.7 Å². The quantitative estimate of drug-likeness (QED) is 0.722. The van der Waals surface area contributed by atoms with Gasteiger partial charge in [-0.05, 0) is 67.5 Å². The second-order valence-electron chi connectivity index (χ2n) is 7.92. The lowest BCUT2D eigenvalue weighted by atomic mass is 9.76. The van der Waals surface area contributed by atoms with Crippen molar-refractivity contribution in [1.82, 2.24) is 5.32 Å². The van der Waals surface area contributed by atoms with Crippen LogP contribution in [0.25, 0.3) is 0 Å². The Bertz CT molecular complexity index is 886. The van der Waals surface area contributed by atoms with Gasteiger partial charge in [-0.2, -0.15) is 0 Å². The summed E-state index contributed by atoms with van der Waals surface area (Å²) < 4.78 is 0. The third kappa shape index (κ3) is 3.27. The molecule has 140 valence electrons. The second-order valence-corrected chi connectivity index (χ2v) is 7.92. The molecular formula is C24H28N2O. The highest BCUT2D eigenvalue weighted by Crippen LogP contribution is 2.50. The molecule has 4 unspecified atom stereocenters. The van der Waals surface area contributed by atoms with Crippen LogP contribution >= 0.6 is 0 Å². The minimum absolute atomic E-state index is 0.0201. The lowest BCUT2D eigenvalue weighted by Crippen LogP contribution is -2.33. The van der Waals surface area contributed by atoms with E-state index < -0.39 is 0 Å². The number of anilines is 1. The molecule has 0 bridgehead atoms. The molecule has 0 saturated carbocycles. The Morgan fingerprint density at radius 2 is 2.04 bits per heavy atom. The molecule has 3 nitrogen and oxygen atoms in total. The molecule has 1 amide bonds. The molecule has 1 aliphatic carbocycles. The molecule has 1 aliphatic heterocycles. The molecule has 2 aromatic carbocycles. The van der Waals surface area contributed by atoms with Gasteiger partial charge in [-0.3, -0.25) is 4.79 Å². The van der Waals surface area contributed by atoms with E-state index in [0.717, 1.165) is 24.1 Å². The number of aryl methyl sites for hydroxylation is 1. The second kappa shape index (κ2) is 7.22. The van der Waals surface area contributed by atoms with Gasteiger partial charge in [-0.25, -0.2) is 0 Å². The van der Waals surface area contributed by atoms with Crippen molar-refractivity contribution >= 4 is 11.6 Å². The lowest BCUT2D eigenvalue weighted by molar-refractivity contribution is 0.0939. The highest BCUT2D eigenvalue weighted by atomic mass is 16.1. The van der Waals surface area contributed by atoms with Crippen molar-refractivity contribution in [3.8, 4) is 0 Å². The van der Waals surface area contributed by atoms with Crippen molar-refractivity contribution in [3.63, 3.8) is 0 Å². The molecule has 2 N–H and O–H groups in total. The molecule has 0 spiro atoms. The number of fused-ring (bicyclic) bond motifs is 3. The van der Waals surface area contributed by atoms with Crippen molar-refractivity contribution in [2.45, 2.75) is 51.6 Å². The Balaban J connectivity index is 1.68. The number of hydrogen-bond donors (Lipinski definition) is 2. The first kappa shape index (κ1) is 17.8. The summed E-state index contributed by atoms with van der Waals surface area (Å²) in [5.41, 5.74) is 5.85. The number of benzene rings is 2. The topological polar surface area (TPSA) is 41.1 Å². The van der Waals surface area contributed by atoms with Crippen LogP contribution in [0.15, 0.2) is 54.6 Å². The van der Waals surface area contributed by atoms with Gasteiger partial charge in [0.15, 0.2) is 0 Å². The van der Waals surface area contributed by atoms with E-state index in [9.17, 15) is 4.79 Å². The predicted molar refractivity (Wildman–Crippen MR) is 111 cm³/mol.